The van der Waals surface area contributed by atoms with Crippen molar-refractivity contribution < 1.29 is 9.59 Å². The van der Waals surface area contributed by atoms with Gasteiger partial charge in [-0.2, -0.15) is 0 Å². The molecule has 0 saturated heterocycles. The highest BCUT2D eigenvalue weighted by Crippen LogP contribution is 2.28. The summed E-state index contributed by atoms with van der Waals surface area (Å²) in [6, 6.07) is 7.23. The van der Waals surface area contributed by atoms with Gasteiger partial charge in [0, 0.05) is 18.0 Å². The van der Waals surface area contributed by atoms with E-state index in [4.69, 9.17) is 0 Å². The second-order valence-corrected chi connectivity index (χ2v) is 3.85. The third-order valence-electron chi connectivity index (χ3n) is 2.53. The fourth-order valence-corrected chi connectivity index (χ4v) is 1.39. The highest BCUT2D eigenvalue weighted by Gasteiger charge is 2.29. The molecule has 0 unspecified atom stereocenters. The van der Waals surface area contributed by atoms with Gasteiger partial charge in [-0.15, -0.1) is 0 Å². The van der Waals surface area contributed by atoms with Crippen LogP contribution in [0.25, 0.3) is 0 Å². The van der Waals surface area contributed by atoms with Crippen LogP contribution in [0.2, 0.25) is 0 Å². The summed E-state index contributed by atoms with van der Waals surface area (Å²) in [6.07, 6.45) is 2.86. The molecule has 0 heterocycles. The van der Waals surface area contributed by atoms with Crippen LogP contribution in [0.3, 0.4) is 0 Å². The lowest BCUT2D eigenvalue weighted by molar-refractivity contribution is -0.122. The first-order chi connectivity index (χ1) is 7.29. The van der Waals surface area contributed by atoms with Gasteiger partial charge in [0.05, 0.1) is 0 Å². The number of hydrogen-bond acceptors (Lipinski definition) is 2. The molecule has 78 valence electrons. The van der Waals surface area contributed by atoms with Crippen LogP contribution in [-0.4, -0.2) is 12.2 Å². The van der Waals surface area contributed by atoms with Gasteiger partial charge in [-0.1, -0.05) is 24.3 Å². The minimum Gasteiger partial charge on any atom is -0.352 e. The zero-order chi connectivity index (χ0) is 10.7. The molecule has 0 spiro atoms. The maximum atomic E-state index is 11.3. The molecule has 0 aromatic heterocycles. The van der Waals surface area contributed by atoms with Crippen molar-refractivity contribution in [3.8, 4) is 0 Å². The molecule has 3 heteroatoms. The van der Waals surface area contributed by atoms with Crippen LogP contribution < -0.4 is 5.32 Å². The van der Waals surface area contributed by atoms with Crippen LogP contribution in [-0.2, 0) is 11.3 Å². The maximum absolute atomic E-state index is 11.3. The average molecular weight is 203 g/mol. The van der Waals surface area contributed by atoms with E-state index >= 15 is 0 Å². The van der Waals surface area contributed by atoms with Gasteiger partial charge < -0.3 is 5.32 Å². The highest BCUT2D eigenvalue weighted by atomic mass is 16.2. The standard InChI is InChI=1S/C12H13NO2/c14-8-10-3-1-9(2-4-10)7-13-12(15)11-5-6-11/h1-4,8,11H,5-7H2,(H,13,15). The van der Waals surface area contributed by atoms with E-state index in [9.17, 15) is 9.59 Å². The van der Waals surface area contributed by atoms with Crippen molar-refractivity contribution in [3.05, 3.63) is 35.4 Å². The monoisotopic (exact) mass is 203 g/mol. The van der Waals surface area contributed by atoms with Crippen LogP contribution in [0.1, 0.15) is 28.8 Å². The summed E-state index contributed by atoms with van der Waals surface area (Å²) < 4.78 is 0. The second-order valence-electron chi connectivity index (χ2n) is 3.85. The molecule has 0 aliphatic heterocycles. The number of hydrogen-bond donors (Lipinski definition) is 1. The molecule has 1 aromatic carbocycles. The smallest absolute Gasteiger partial charge is 0.223 e. The van der Waals surface area contributed by atoms with Crippen molar-refractivity contribution in [2.75, 3.05) is 0 Å². The quantitative estimate of drug-likeness (QED) is 0.754. The number of benzene rings is 1. The molecule has 3 nitrogen and oxygen atoms in total. The van der Waals surface area contributed by atoms with Crippen molar-refractivity contribution in [3.63, 3.8) is 0 Å². The predicted octanol–water partition coefficient (Wildman–Crippen LogP) is 1.53. The van der Waals surface area contributed by atoms with Gasteiger partial charge in [0.1, 0.15) is 6.29 Å². The van der Waals surface area contributed by atoms with Crippen molar-refractivity contribution >= 4 is 12.2 Å². The van der Waals surface area contributed by atoms with Crippen LogP contribution in [0.4, 0.5) is 0 Å². The van der Waals surface area contributed by atoms with Crippen LogP contribution >= 0.6 is 0 Å². The SMILES string of the molecule is O=Cc1ccc(CNC(=O)C2CC2)cc1. The molecule has 1 aliphatic carbocycles. The molecule has 2 rings (SSSR count). The summed E-state index contributed by atoms with van der Waals surface area (Å²) in [5.74, 6) is 0.397. The van der Waals surface area contributed by atoms with E-state index in [-0.39, 0.29) is 11.8 Å². The van der Waals surface area contributed by atoms with E-state index < -0.39 is 0 Å². The predicted molar refractivity (Wildman–Crippen MR) is 56.4 cm³/mol. The molecule has 1 amide bonds. The van der Waals surface area contributed by atoms with E-state index in [1.807, 2.05) is 12.1 Å². The minimum absolute atomic E-state index is 0.148. The lowest BCUT2D eigenvalue weighted by atomic mass is 10.1. The molecular formula is C12H13NO2. The fourth-order valence-electron chi connectivity index (χ4n) is 1.39. The lowest BCUT2D eigenvalue weighted by Gasteiger charge is -2.04. The Hall–Kier alpha value is -1.64. The van der Waals surface area contributed by atoms with Crippen molar-refractivity contribution in [1.82, 2.24) is 5.32 Å². The molecule has 1 aliphatic rings. The van der Waals surface area contributed by atoms with Gasteiger partial charge in [0.25, 0.3) is 0 Å². The molecule has 15 heavy (non-hydrogen) atoms. The van der Waals surface area contributed by atoms with Crippen molar-refractivity contribution in [1.29, 1.82) is 0 Å². The average Bonchev–Trinajstić information content (AvgIpc) is 3.10. The minimum atomic E-state index is 0.148. The molecule has 1 saturated carbocycles. The summed E-state index contributed by atoms with van der Waals surface area (Å²) in [4.78, 5) is 21.7. The van der Waals surface area contributed by atoms with E-state index in [2.05, 4.69) is 5.32 Å². The van der Waals surface area contributed by atoms with Gasteiger partial charge in [-0.25, -0.2) is 0 Å². The zero-order valence-electron chi connectivity index (χ0n) is 8.40. The number of carbonyl (C=O) groups is 2. The topological polar surface area (TPSA) is 46.2 Å². The Morgan fingerprint density at radius 3 is 2.53 bits per heavy atom. The number of aldehydes is 1. The van der Waals surface area contributed by atoms with E-state index in [1.54, 1.807) is 12.1 Å². The van der Waals surface area contributed by atoms with E-state index in [0.29, 0.717) is 12.1 Å². The Morgan fingerprint density at radius 1 is 1.33 bits per heavy atom. The Morgan fingerprint density at radius 2 is 2.00 bits per heavy atom. The van der Waals surface area contributed by atoms with Gasteiger partial charge in [0.15, 0.2) is 0 Å². The first kappa shape index (κ1) is 9.90. The van der Waals surface area contributed by atoms with Gasteiger partial charge in [-0.05, 0) is 18.4 Å². The maximum Gasteiger partial charge on any atom is 0.223 e. The molecule has 1 N–H and O–H groups in total. The Balaban J connectivity index is 1.87. The van der Waals surface area contributed by atoms with Crippen LogP contribution in [0.5, 0.6) is 0 Å². The molecule has 1 aromatic rings. The number of nitrogens with one attached hydrogen (secondary N) is 1. The van der Waals surface area contributed by atoms with E-state index in [0.717, 1.165) is 24.7 Å². The molecular weight excluding hydrogens is 190 g/mol. The van der Waals surface area contributed by atoms with Gasteiger partial charge in [-0.3, -0.25) is 9.59 Å². The summed E-state index contributed by atoms with van der Waals surface area (Å²) in [5.41, 5.74) is 1.68. The number of amides is 1. The third kappa shape index (κ3) is 2.65. The first-order valence-corrected chi connectivity index (χ1v) is 5.11. The summed E-state index contributed by atoms with van der Waals surface area (Å²) in [6.45, 7) is 0.550. The zero-order valence-corrected chi connectivity index (χ0v) is 8.40. The number of carbonyl (C=O) groups excluding carboxylic acids is 2. The normalized spacial score (nSPS) is 14.7. The Bertz CT molecular complexity index is 366. The van der Waals surface area contributed by atoms with Crippen LogP contribution in [0.15, 0.2) is 24.3 Å². The first-order valence-electron chi connectivity index (χ1n) is 5.11. The Kier molecular flexibility index (Phi) is 2.81. The highest BCUT2D eigenvalue weighted by molar-refractivity contribution is 5.80. The fraction of sp³-hybridized carbons (Fsp3) is 0.333. The number of rotatable bonds is 4. The largest absolute Gasteiger partial charge is 0.352 e. The van der Waals surface area contributed by atoms with Gasteiger partial charge in [0.2, 0.25) is 5.91 Å². The van der Waals surface area contributed by atoms with Crippen LogP contribution in [0, 0.1) is 5.92 Å². The second kappa shape index (κ2) is 4.26. The molecule has 0 radical (unpaired) electrons. The molecule has 1 fully saturated rings. The van der Waals surface area contributed by atoms with Crippen molar-refractivity contribution in [2.45, 2.75) is 19.4 Å². The lowest BCUT2D eigenvalue weighted by Crippen LogP contribution is -2.24. The summed E-state index contributed by atoms with van der Waals surface area (Å²) in [5, 5.41) is 2.87. The van der Waals surface area contributed by atoms with Crippen molar-refractivity contribution in [2.24, 2.45) is 5.92 Å². The van der Waals surface area contributed by atoms with E-state index in [1.165, 1.54) is 0 Å². The summed E-state index contributed by atoms with van der Waals surface area (Å²) in [7, 11) is 0. The Labute approximate surface area is 88.5 Å². The molecule has 0 atom stereocenters. The third-order valence-corrected chi connectivity index (χ3v) is 2.53. The molecule has 0 bridgehead atoms. The van der Waals surface area contributed by atoms with Gasteiger partial charge >= 0.3 is 0 Å². The summed E-state index contributed by atoms with van der Waals surface area (Å²) >= 11 is 0.